The Morgan fingerprint density at radius 3 is 2.73 bits per heavy atom. The molecule has 6 nitrogen and oxygen atoms in total. The maximum atomic E-state index is 10.5. The molecule has 58 valence electrons. The van der Waals surface area contributed by atoms with E-state index in [9.17, 15) is 4.79 Å². The first-order chi connectivity index (χ1) is 5.33. The normalized spacial score (nSPS) is 8.82. The third kappa shape index (κ3) is 2.17. The van der Waals surface area contributed by atoms with Crippen LogP contribution in [0.4, 0.5) is 10.7 Å². The van der Waals surface area contributed by atoms with Crippen LogP contribution in [0.25, 0.3) is 0 Å². The third-order valence-electron chi connectivity index (χ3n) is 0.893. The summed E-state index contributed by atoms with van der Waals surface area (Å²) in [5.41, 5.74) is 0. The van der Waals surface area contributed by atoms with Crippen LogP contribution in [0.2, 0.25) is 0 Å². The van der Waals surface area contributed by atoms with Crippen molar-refractivity contribution in [3.63, 3.8) is 0 Å². The van der Waals surface area contributed by atoms with Crippen molar-refractivity contribution >= 4 is 12.0 Å². The zero-order valence-electron chi connectivity index (χ0n) is 5.81. The second kappa shape index (κ2) is 3.45. The molecule has 0 aliphatic rings. The minimum Gasteiger partial charge on any atom is -0.453 e. The molecule has 1 amide bonds. The lowest BCUT2D eigenvalue weighted by molar-refractivity contribution is 0.186. The molecule has 0 atom stereocenters. The topological polar surface area (TPSA) is 77.0 Å². The van der Waals surface area contributed by atoms with Crippen LogP contribution in [0.3, 0.4) is 0 Å². The summed E-state index contributed by atoms with van der Waals surface area (Å²) in [6, 6.07) is 0. The molecule has 0 saturated heterocycles. The zero-order chi connectivity index (χ0) is 8.10. The Kier molecular flexibility index (Phi) is 2.32. The molecule has 1 aromatic rings. The predicted octanol–water partition coefficient (Wildman–Crippen LogP) is 0.0499. The molecule has 1 heterocycles. The summed E-state index contributed by atoms with van der Waals surface area (Å²) in [5, 5.41) is 2.27. The molecule has 1 aromatic heterocycles. The van der Waals surface area contributed by atoms with Gasteiger partial charge >= 0.3 is 6.09 Å². The zero-order valence-corrected chi connectivity index (χ0v) is 5.81. The first kappa shape index (κ1) is 7.39. The average molecular weight is 154 g/mol. The summed E-state index contributed by atoms with van der Waals surface area (Å²) in [6.07, 6.45) is 1.95. The molecule has 1 rings (SSSR count). The molecule has 0 unspecified atom stereocenters. The number of carbonyl (C=O) groups is 1. The van der Waals surface area contributed by atoms with Crippen molar-refractivity contribution in [2.24, 2.45) is 0 Å². The monoisotopic (exact) mass is 154 g/mol. The average Bonchev–Trinajstić information content (AvgIpc) is 2.06. The van der Waals surface area contributed by atoms with E-state index in [0.717, 1.165) is 0 Å². The van der Waals surface area contributed by atoms with Crippen LogP contribution in [0.5, 0.6) is 0 Å². The van der Waals surface area contributed by atoms with Gasteiger partial charge in [-0.2, -0.15) is 0 Å². The van der Waals surface area contributed by atoms with E-state index in [0.29, 0.717) is 0 Å². The van der Waals surface area contributed by atoms with E-state index in [1.807, 2.05) is 0 Å². The van der Waals surface area contributed by atoms with Crippen LogP contribution >= 0.6 is 0 Å². The highest BCUT2D eigenvalue weighted by Gasteiger charge is 2.00. The van der Waals surface area contributed by atoms with Crippen LogP contribution in [0.1, 0.15) is 0 Å². The van der Waals surface area contributed by atoms with Gasteiger partial charge < -0.3 is 4.74 Å². The molecule has 6 heteroatoms. The van der Waals surface area contributed by atoms with Gasteiger partial charge in [0, 0.05) is 0 Å². The SMILES string of the molecule is COC(=O)Nc1ncncn1. The quantitative estimate of drug-likeness (QED) is 0.618. The van der Waals surface area contributed by atoms with Crippen molar-refractivity contribution in [1.82, 2.24) is 15.0 Å². The Morgan fingerprint density at radius 1 is 1.55 bits per heavy atom. The van der Waals surface area contributed by atoms with Crippen LogP contribution in [-0.4, -0.2) is 28.2 Å². The van der Waals surface area contributed by atoms with E-state index in [4.69, 9.17) is 0 Å². The number of methoxy groups -OCH3 is 1. The Morgan fingerprint density at radius 2 is 2.18 bits per heavy atom. The summed E-state index contributed by atoms with van der Waals surface area (Å²) in [5.74, 6) is 0.173. The summed E-state index contributed by atoms with van der Waals surface area (Å²) in [4.78, 5) is 21.4. The third-order valence-corrected chi connectivity index (χ3v) is 0.893. The van der Waals surface area contributed by atoms with E-state index in [1.54, 1.807) is 0 Å². The lowest BCUT2D eigenvalue weighted by Gasteiger charge is -1.98. The van der Waals surface area contributed by atoms with E-state index in [1.165, 1.54) is 19.8 Å². The fourth-order valence-electron chi connectivity index (χ4n) is 0.446. The number of carbonyl (C=O) groups excluding carboxylic acids is 1. The molecule has 0 aromatic carbocycles. The Balaban J connectivity index is 2.58. The largest absolute Gasteiger partial charge is 0.453 e. The second-order valence-corrected chi connectivity index (χ2v) is 1.58. The predicted molar refractivity (Wildman–Crippen MR) is 35.9 cm³/mol. The van der Waals surface area contributed by atoms with Gasteiger partial charge in [-0.15, -0.1) is 0 Å². The molecule has 0 aliphatic carbocycles. The molecule has 0 spiro atoms. The molecular formula is C5H6N4O2. The van der Waals surface area contributed by atoms with Crippen molar-refractivity contribution in [3.05, 3.63) is 12.7 Å². The van der Waals surface area contributed by atoms with Crippen LogP contribution in [0, 0.1) is 0 Å². The van der Waals surface area contributed by atoms with Crippen molar-refractivity contribution in [3.8, 4) is 0 Å². The Bertz CT molecular complexity index is 237. The number of hydrogen-bond acceptors (Lipinski definition) is 5. The molecular weight excluding hydrogens is 148 g/mol. The smallest absolute Gasteiger partial charge is 0.413 e. The Labute approximate surface area is 62.6 Å². The van der Waals surface area contributed by atoms with Gasteiger partial charge in [0.1, 0.15) is 12.7 Å². The van der Waals surface area contributed by atoms with Crippen molar-refractivity contribution in [2.45, 2.75) is 0 Å². The minimum atomic E-state index is -0.601. The maximum Gasteiger partial charge on any atom is 0.413 e. The highest BCUT2D eigenvalue weighted by molar-refractivity contribution is 5.81. The van der Waals surface area contributed by atoms with Gasteiger partial charge in [-0.05, 0) is 0 Å². The van der Waals surface area contributed by atoms with Crippen molar-refractivity contribution in [1.29, 1.82) is 0 Å². The highest BCUT2D eigenvalue weighted by atomic mass is 16.5. The first-order valence-electron chi connectivity index (χ1n) is 2.80. The maximum absolute atomic E-state index is 10.5. The Hall–Kier alpha value is -1.72. The highest BCUT2D eigenvalue weighted by Crippen LogP contribution is 1.91. The van der Waals surface area contributed by atoms with Gasteiger partial charge in [-0.1, -0.05) is 0 Å². The molecule has 0 saturated carbocycles. The second-order valence-electron chi connectivity index (χ2n) is 1.58. The number of rotatable bonds is 1. The van der Waals surface area contributed by atoms with Gasteiger partial charge in [0.05, 0.1) is 7.11 Å². The fourth-order valence-corrected chi connectivity index (χ4v) is 0.446. The number of nitrogens with zero attached hydrogens (tertiary/aromatic N) is 3. The number of hydrogen-bond donors (Lipinski definition) is 1. The standard InChI is InChI=1S/C5H6N4O2/c1-11-5(10)9-4-7-2-6-3-8-4/h2-3H,1H3,(H,6,7,8,9,10). The number of ether oxygens (including phenoxy) is 1. The summed E-state index contributed by atoms with van der Waals surface area (Å²) in [7, 11) is 1.26. The molecule has 1 N–H and O–H groups in total. The first-order valence-corrected chi connectivity index (χ1v) is 2.80. The van der Waals surface area contributed by atoms with Gasteiger partial charge in [0.25, 0.3) is 0 Å². The lowest BCUT2D eigenvalue weighted by Crippen LogP contribution is -2.13. The summed E-state index contributed by atoms with van der Waals surface area (Å²) < 4.78 is 4.30. The van der Waals surface area contributed by atoms with E-state index < -0.39 is 6.09 Å². The van der Waals surface area contributed by atoms with Crippen molar-refractivity contribution < 1.29 is 9.53 Å². The number of nitrogens with one attached hydrogen (secondary N) is 1. The lowest BCUT2D eigenvalue weighted by atomic mass is 10.9. The van der Waals surface area contributed by atoms with Crippen LogP contribution < -0.4 is 5.32 Å². The fraction of sp³-hybridized carbons (Fsp3) is 0.200. The van der Waals surface area contributed by atoms with Crippen LogP contribution in [-0.2, 0) is 4.74 Å². The van der Waals surface area contributed by atoms with E-state index >= 15 is 0 Å². The molecule has 11 heavy (non-hydrogen) atoms. The van der Waals surface area contributed by atoms with Gasteiger partial charge in [-0.25, -0.2) is 19.7 Å². The number of aromatic nitrogens is 3. The van der Waals surface area contributed by atoms with E-state index in [-0.39, 0.29) is 5.95 Å². The van der Waals surface area contributed by atoms with Crippen LogP contribution in [0.15, 0.2) is 12.7 Å². The molecule has 0 aliphatic heterocycles. The minimum absolute atomic E-state index is 0.173. The number of anilines is 1. The molecule has 0 fully saturated rings. The summed E-state index contributed by atoms with van der Waals surface area (Å²) in [6.45, 7) is 0. The number of amides is 1. The van der Waals surface area contributed by atoms with E-state index in [2.05, 4.69) is 25.0 Å². The van der Waals surface area contributed by atoms with Crippen molar-refractivity contribution in [2.75, 3.05) is 12.4 Å². The molecule has 0 radical (unpaired) electrons. The van der Waals surface area contributed by atoms with Gasteiger partial charge in [0.15, 0.2) is 0 Å². The summed E-state index contributed by atoms with van der Waals surface area (Å²) >= 11 is 0. The van der Waals surface area contributed by atoms with Gasteiger partial charge in [0.2, 0.25) is 5.95 Å². The molecule has 0 bridgehead atoms. The van der Waals surface area contributed by atoms with Gasteiger partial charge in [-0.3, -0.25) is 5.32 Å².